The highest BCUT2D eigenvalue weighted by atomic mass is 16.6. The van der Waals surface area contributed by atoms with E-state index in [0.29, 0.717) is 5.56 Å². The Labute approximate surface area is 79.4 Å². The molecule has 0 radical (unpaired) electrons. The SMILES string of the molecule is Cc1cc(OC(N)=O)ccc1[N+](=O)[O-]. The number of aryl methyl sites for hydroxylation is 1. The summed E-state index contributed by atoms with van der Waals surface area (Å²) < 4.78 is 4.55. The van der Waals surface area contributed by atoms with Crippen LogP contribution in [0.2, 0.25) is 0 Å². The molecule has 0 aliphatic carbocycles. The van der Waals surface area contributed by atoms with Crippen LogP contribution >= 0.6 is 0 Å². The number of amides is 1. The van der Waals surface area contributed by atoms with Gasteiger partial charge in [0.15, 0.2) is 0 Å². The standard InChI is InChI=1S/C8H8N2O4/c1-5-4-6(14-8(9)11)2-3-7(5)10(12)13/h2-4H,1H3,(H2,9,11). The summed E-state index contributed by atoms with van der Waals surface area (Å²) in [6.07, 6.45) is -0.946. The van der Waals surface area contributed by atoms with Crippen molar-refractivity contribution >= 4 is 11.8 Å². The third-order valence-corrected chi connectivity index (χ3v) is 1.58. The van der Waals surface area contributed by atoms with Crippen LogP contribution in [0, 0.1) is 17.0 Å². The van der Waals surface area contributed by atoms with E-state index in [1.807, 2.05) is 0 Å². The molecule has 0 aliphatic heterocycles. The van der Waals surface area contributed by atoms with Crippen molar-refractivity contribution in [2.75, 3.05) is 0 Å². The average molecular weight is 196 g/mol. The molecule has 6 heteroatoms. The first-order chi connectivity index (χ1) is 6.50. The number of carbonyl (C=O) groups excluding carboxylic acids is 1. The quantitative estimate of drug-likeness (QED) is 0.570. The van der Waals surface area contributed by atoms with Crippen LogP contribution in [0.3, 0.4) is 0 Å². The lowest BCUT2D eigenvalue weighted by atomic mass is 10.2. The van der Waals surface area contributed by atoms with Crippen LogP contribution < -0.4 is 10.5 Å². The molecule has 0 fully saturated rings. The van der Waals surface area contributed by atoms with Gasteiger partial charge in [-0.1, -0.05) is 0 Å². The predicted molar refractivity (Wildman–Crippen MR) is 48.0 cm³/mol. The number of nitro groups is 1. The van der Waals surface area contributed by atoms with Crippen molar-refractivity contribution in [3.8, 4) is 5.75 Å². The van der Waals surface area contributed by atoms with E-state index in [9.17, 15) is 14.9 Å². The van der Waals surface area contributed by atoms with E-state index in [1.54, 1.807) is 6.92 Å². The van der Waals surface area contributed by atoms with E-state index in [0.717, 1.165) is 0 Å². The second kappa shape index (κ2) is 3.73. The first-order valence-corrected chi connectivity index (χ1v) is 3.73. The fourth-order valence-corrected chi connectivity index (χ4v) is 1.01. The second-order valence-corrected chi connectivity index (χ2v) is 2.63. The Hall–Kier alpha value is -2.11. The van der Waals surface area contributed by atoms with Gasteiger partial charge in [-0.15, -0.1) is 0 Å². The Balaban J connectivity index is 3.00. The van der Waals surface area contributed by atoms with Crippen molar-refractivity contribution < 1.29 is 14.5 Å². The minimum Gasteiger partial charge on any atom is -0.410 e. The first kappa shape index (κ1) is 9.97. The lowest BCUT2D eigenvalue weighted by Gasteiger charge is -2.01. The van der Waals surface area contributed by atoms with E-state index in [1.165, 1.54) is 18.2 Å². The van der Waals surface area contributed by atoms with Gasteiger partial charge in [0.05, 0.1) is 4.92 Å². The summed E-state index contributed by atoms with van der Waals surface area (Å²) >= 11 is 0. The molecule has 14 heavy (non-hydrogen) atoms. The minimum atomic E-state index is -0.946. The maximum absolute atomic E-state index is 10.4. The molecule has 0 heterocycles. The second-order valence-electron chi connectivity index (χ2n) is 2.63. The Morgan fingerprint density at radius 1 is 1.57 bits per heavy atom. The molecule has 1 aromatic rings. The zero-order valence-corrected chi connectivity index (χ0v) is 7.39. The zero-order chi connectivity index (χ0) is 10.7. The van der Waals surface area contributed by atoms with Gasteiger partial charge in [-0.25, -0.2) is 4.79 Å². The maximum Gasteiger partial charge on any atom is 0.409 e. The Morgan fingerprint density at radius 2 is 2.21 bits per heavy atom. The summed E-state index contributed by atoms with van der Waals surface area (Å²) in [7, 11) is 0. The third-order valence-electron chi connectivity index (χ3n) is 1.58. The van der Waals surface area contributed by atoms with Crippen molar-refractivity contribution in [1.29, 1.82) is 0 Å². The zero-order valence-electron chi connectivity index (χ0n) is 7.39. The van der Waals surface area contributed by atoms with E-state index >= 15 is 0 Å². The fourth-order valence-electron chi connectivity index (χ4n) is 1.01. The molecule has 1 amide bonds. The molecule has 74 valence electrons. The summed E-state index contributed by atoms with van der Waals surface area (Å²) in [5.41, 5.74) is 5.16. The predicted octanol–water partition coefficient (Wildman–Crippen LogP) is 1.36. The molecule has 0 atom stereocenters. The van der Waals surface area contributed by atoms with Gasteiger partial charge in [0.25, 0.3) is 5.69 Å². The number of hydrogen-bond acceptors (Lipinski definition) is 4. The van der Waals surface area contributed by atoms with Crippen LogP contribution in [0.25, 0.3) is 0 Å². The van der Waals surface area contributed by atoms with Crippen LogP contribution in [-0.2, 0) is 0 Å². The summed E-state index contributed by atoms with van der Waals surface area (Å²) in [5, 5.41) is 10.4. The largest absolute Gasteiger partial charge is 0.410 e. The van der Waals surface area contributed by atoms with Crippen LogP contribution in [0.15, 0.2) is 18.2 Å². The van der Waals surface area contributed by atoms with Crippen molar-refractivity contribution in [3.05, 3.63) is 33.9 Å². The normalized spacial score (nSPS) is 9.50. The molecule has 1 aromatic carbocycles. The number of carbonyl (C=O) groups is 1. The summed E-state index contributed by atoms with van der Waals surface area (Å²) in [6, 6.07) is 3.95. The number of primary amides is 1. The number of nitro benzene ring substituents is 1. The molecule has 0 saturated heterocycles. The highest BCUT2D eigenvalue weighted by molar-refractivity contribution is 5.68. The number of nitrogens with zero attached hydrogens (tertiary/aromatic N) is 1. The third kappa shape index (κ3) is 2.19. The van der Waals surface area contributed by atoms with Crippen molar-refractivity contribution in [1.82, 2.24) is 0 Å². The van der Waals surface area contributed by atoms with Gasteiger partial charge in [0.1, 0.15) is 5.75 Å². The number of hydrogen-bond donors (Lipinski definition) is 1. The van der Waals surface area contributed by atoms with Gasteiger partial charge in [-0.3, -0.25) is 10.1 Å². The monoisotopic (exact) mass is 196 g/mol. The molecule has 1 rings (SSSR count). The minimum absolute atomic E-state index is 0.0261. The van der Waals surface area contributed by atoms with Crippen LogP contribution in [-0.4, -0.2) is 11.0 Å². The molecule has 6 nitrogen and oxygen atoms in total. The van der Waals surface area contributed by atoms with E-state index in [4.69, 9.17) is 5.73 Å². The summed E-state index contributed by atoms with van der Waals surface area (Å²) in [4.78, 5) is 20.3. The Kier molecular flexibility index (Phi) is 2.66. The summed E-state index contributed by atoms with van der Waals surface area (Å²) in [5.74, 6) is 0.195. The molecule has 0 bridgehead atoms. The smallest absolute Gasteiger partial charge is 0.409 e. The highest BCUT2D eigenvalue weighted by Crippen LogP contribution is 2.22. The number of nitrogens with two attached hydrogens (primary N) is 1. The van der Waals surface area contributed by atoms with E-state index in [-0.39, 0.29) is 11.4 Å². The average Bonchev–Trinajstić information content (AvgIpc) is 2.01. The van der Waals surface area contributed by atoms with E-state index < -0.39 is 11.0 Å². The first-order valence-electron chi connectivity index (χ1n) is 3.73. The fraction of sp³-hybridized carbons (Fsp3) is 0.125. The van der Waals surface area contributed by atoms with Gasteiger partial charge < -0.3 is 10.5 Å². The maximum atomic E-state index is 10.4. The molecule has 0 saturated carbocycles. The van der Waals surface area contributed by atoms with Crippen LogP contribution in [0.4, 0.5) is 10.5 Å². The van der Waals surface area contributed by atoms with Crippen molar-refractivity contribution in [2.24, 2.45) is 5.73 Å². The van der Waals surface area contributed by atoms with Crippen LogP contribution in [0.1, 0.15) is 5.56 Å². The van der Waals surface area contributed by atoms with Gasteiger partial charge in [-0.05, 0) is 19.1 Å². The van der Waals surface area contributed by atoms with Crippen molar-refractivity contribution in [3.63, 3.8) is 0 Å². The van der Waals surface area contributed by atoms with E-state index in [2.05, 4.69) is 4.74 Å². The molecule has 0 aliphatic rings. The van der Waals surface area contributed by atoms with Gasteiger partial charge >= 0.3 is 6.09 Å². The molecular weight excluding hydrogens is 188 g/mol. The lowest BCUT2D eigenvalue weighted by molar-refractivity contribution is -0.385. The van der Waals surface area contributed by atoms with Crippen molar-refractivity contribution in [2.45, 2.75) is 6.92 Å². The molecule has 0 spiro atoms. The molecule has 0 unspecified atom stereocenters. The van der Waals surface area contributed by atoms with Gasteiger partial charge in [0, 0.05) is 11.6 Å². The van der Waals surface area contributed by atoms with Gasteiger partial charge in [0.2, 0.25) is 0 Å². The summed E-state index contributed by atoms with van der Waals surface area (Å²) in [6.45, 7) is 1.55. The Morgan fingerprint density at radius 3 is 2.64 bits per heavy atom. The van der Waals surface area contributed by atoms with Crippen LogP contribution in [0.5, 0.6) is 5.75 Å². The topological polar surface area (TPSA) is 95.5 Å². The highest BCUT2D eigenvalue weighted by Gasteiger charge is 2.11. The number of rotatable bonds is 2. The number of benzene rings is 1. The number of ether oxygens (including phenoxy) is 1. The van der Waals surface area contributed by atoms with Gasteiger partial charge in [-0.2, -0.15) is 0 Å². The lowest BCUT2D eigenvalue weighted by Crippen LogP contribution is -2.16. The Bertz CT molecular complexity index is 389. The molecule has 0 aromatic heterocycles. The molecular formula is C8H8N2O4. The molecule has 2 N–H and O–H groups in total.